The van der Waals surface area contributed by atoms with Crippen molar-refractivity contribution in [2.24, 2.45) is 5.92 Å². The van der Waals surface area contributed by atoms with Gasteiger partial charge >= 0.3 is 0 Å². The quantitative estimate of drug-likeness (QED) is 0.722. The van der Waals surface area contributed by atoms with Crippen LogP contribution in [0.15, 0.2) is 24.3 Å². The molecule has 0 aromatic heterocycles. The molecule has 1 aromatic rings. The zero-order valence-corrected chi connectivity index (χ0v) is 13.1. The molecule has 19 heavy (non-hydrogen) atoms. The van der Waals surface area contributed by atoms with Crippen LogP contribution >= 0.6 is 0 Å². The van der Waals surface area contributed by atoms with Gasteiger partial charge in [-0.25, -0.2) is 0 Å². The molecule has 1 N–H and O–H groups in total. The number of hydrogen-bond acceptors (Lipinski definition) is 2. The topological polar surface area (TPSA) is 15.3 Å². The normalized spacial score (nSPS) is 11.0. The molecule has 0 saturated heterocycles. The van der Waals surface area contributed by atoms with Crippen LogP contribution in [0, 0.1) is 5.92 Å². The minimum Gasteiger partial charge on any atom is -0.371 e. The van der Waals surface area contributed by atoms with Gasteiger partial charge in [-0.05, 0) is 31.0 Å². The maximum atomic E-state index is 3.44. The number of hydrogen-bond donors (Lipinski definition) is 1. The number of benzene rings is 1. The van der Waals surface area contributed by atoms with Gasteiger partial charge in [-0.1, -0.05) is 51.8 Å². The highest BCUT2D eigenvalue weighted by Gasteiger charge is 2.13. The van der Waals surface area contributed by atoms with E-state index in [4.69, 9.17) is 0 Å². The highest BCUT2D eigenvalue weighted by molar-refractivity contribution is 5.53. The third kappa shape index (κ3) is 4.87. The fourth-order valence-corrected chi connectivity index (χ4v) is 2.48. The van der Waals surface area contributed by atoms with E-state index in [0.717, 1.165) is 25.6 Å². The van der Waals surface area contributed by atoms with Crippen molar-refractivity contribution in [3.8, 4) is 0 Å². The molecule has 0 atom stereocenters. The summed E-state index contributed by atoms with van der Waals surface area (Å²) in [7, 11) is 0. The molecular formula is C17H30N2. The zero-order chi connectivity index (χ0) is 14.1. The average molecular weight is 262 g/mol. The van der Waals surface area contributed by atoms with Gasteiger partial charge in [0.05, 0.1) is 0 Å². The minimum absolute atomic E-state index is 0.798. The molecule has 0 unspecified atom stereocenters. The first kappa shape index (κ1) is 16.0. The van der Waals surface area contributed by atoms with Crippen LogP contribution in [-0.2, 0) is 6.54 Å². The van der Waals surface area contributed by atoms with Crippen LogP contribution in [0.2, 0.25) is 0 Å². The summed E-state index contributed by atoms with van der Waals surface area (Å²) in [5.74, 6) is 0.798. The molecule has 0 radical (unpaired) electrons. The lowest BCUT2D eigenvalue weighted by atomic mass is 10.0. The second-order valence-electron chi connectivity index (χ2n) is 5.13. The second kappa shape index (κ2) is 8.98. The van der Waals surface area contributed by atoms with Gasteiger partial charge in [0, 0.05) is 25.3 Å². The van der Waals surface area contributed by atoms with Crippen LogP contribution in [0.25, 0.3) is 0 Å². The Morgan fingerprint density at radius 1 is 1.05 bits per heavy atom. The van der Waals surface area contributed by atoms with Gasteiger partial charge in [0.2, 0.25) is 0 Å². The summed E-state index contributed by atoms with van der Waals surface area (Å²) >= 11 is 0. The van der Waals surface area contributed by atoms with Crippen molar-refractivity contribution in [1.82, 2.24) is 5.32 Å². The lowest BCUT2D eigenvalue weighted by Crippen LogP contribution is -2.30. The molecule has 2 heteroatoms. The summed E-state index contributed by atoms with van der Waals surface area (Å²) in [4.78, 5) is 2.53. The van der Waals surface area contributed by atoms with Crippen LogP contribution in [0.3, 0.4) is 0 Å². The van der Waals surface area contributed by atoms with Gasteiger partial charge in [-0.15, -0.1) is 0 Å². The smallest absolute Gasteiger partial charge is 0.0411 e. The van der Waals surface area contributed by atoms with Crippen LogP contribution in [-0.4, -0.2) is 19.6 Å². The fourth-order valence-electron chi connectivity index (χ4n) is 2.48. The Bertz CT molecular complexity index is 345. The molecule has 0 aliphatic rings. The Balaban J connectivity index is 2.84. The van der Waals surface area contributed by atoms with Gasteiger partial charge < -0.3 is 10.2 Å². The first-order valence-corrected chi connectivity index (χ1v) is 7.80. The highest BCUT2D eigenvalue weighted by atomic mass is 15.1. The van der Waals surface area contributed by atoms with Crippen molar-refractivity contribution in [1.29, 1.82) is 0 Å². The summed E-state index contributed by atoms with van der Waals surface area (Å²) < 4.78 is 0. The van der Waals surface area contributed by atoms with E-state index >= 15 is 0 Å². The van der Waals surface area contributed by atoms with E-state index in [1.54, 1.807) is 0 Å². The van der Waals surface area contributed by atoms with Crippen LogP contribution in [0.1, 0.15) is 46.1 Å². The molecule has 0 aliphatic carbocycles. The van der Waals surface area contributed by atoms with Gasteiger partial charge in [-0.2, -0.15) is 0 Å². The van der Waals surface area contributed by atoms with E-state index in [2.05, 4.69) is 62.2 Å². The monoisotopic (exact) mass is 262 g/mol. The second-order valence-corrected chi connectivity index (χ2v) is 5.13. The number of rotatable bonds is 9. The molecule has 0 spiro atoms. The Labute approximate surface area is 119 Å². The molecule has 1 rings (SSSR count). The molecule has 0 fully saturated rings. The molecule has 108 valence electrons. The van der Waals surface area contributed by atoms with E-state index in [0.29, 0.717) is 0 Å². The van der Waals surface area contributed by atoms with Crippen LogP contribution < -0.4 is 10.2 Å². The maximum absolute atomic E-state index is 3.44. The summed E-state index contributed by atoms with van der Waals surface area (Å²) in [5.41, 5.74) is 2.81. The van der Waals surface area contributed by atoms with Crippen molar-refractivity contribution in [3.05, 3.63) is 29.8 Å². The van der Waals surface area contributed by atoms with Crippen molar-refractivity contribution in [2.45, 2.75) is 47.1 Å². The number of anilines is 1. The summed E-state index contributed by atoms with van der Waals surface area (Å²) in [6.07, 6.45) is 2.53. The zero-order valence-electron chi connectivity index (χ0n) is 13.1. The molecule has 0 bridgehead atoms. The molecule has 0 heterocycles. The maximum Gasteiger partial charge on any atom is 0.0411 e. The summed E-state index contributed by atoms with van der Waals surface area (Å²) in [6.45, 7) is 13.3. The Morgan fingerprint density at radius 3 is 2.32 bits per heavy atom. The Kier molecular flexibility index (Phi) is 7.57. The largest absolute Gasteiger partial charge is 0.371 e. The predicted molar refractivity (Wildman–Crippen MR) is 85.8 cm³/mol. The Morgan fingerprint density at radius 2 is 1.74 bits per heavy atom. The number of nitrogens with one attached hydrogen (secondary N) is 1. The summed E-state index contributed by atoms with van der Waals surface area (Å²) in [6, 6.07) is 8.80. The van der Waals surface area contributed by atoms with E-state index in [1.807, 2.05) is 0 Å². The number of nitrogens with zero attached hydrogens (tertiary/aromatic N) is 1. The van der Waals surface area contributed by atoms with E-state index < -0.39 is 0 Å². The average Bonchev–Trinajstić information content (AvgIpc) is 2.47. The van der Waals surface area contributed by atoms with Gasteiger partial charge in [0.25, 0.3) is 0 Å². The third-order valence-corrected chi connectivity index (χ3v) is 3.91. The van der Waals surface area contributed by atoms with Crippen molar-refractivity contribution in [2.75, 3.05) is 24.5 Å². The van der Waals surface area contributed by atoms with Crippen molar-refractivity contribution < 1.29 is 0 Å². The lowest BCUT2D eigenvalue weighted by molar-refractivity contribution is 0.485. The predicted octanol–water partition coefficient (Wildman–Crippen LogP) is 4.06. The summed E-state index contributed by atoms with van der Waals surface area (Å²) in [5, 5.41) is 3.44. The Hall–Kier alpha value is -1.02. The minimum atomic E-state index is 0.798. The SMILES string of the molecule is CCNCc1ccccc1N(CC)CC(CC)CC. The highest BCUT2D eigenvalue weighted by Crippen LogP contribution is 2.22. The molecule has 0 amide bonds. The van der Waals surface area contributed by atoms with Crippen molar-refractivity contribution >= 4 is 5.69 Å². The van der Waals surface area contributed by atoms with Gasteiger partial charge in [0.1, 0.15) is 0 Å². The van der Waals surface area contributed by atoms with Gasteiger partial charge in [0.15, 0.2) is 0 Å². The van der Waals surface area contributed by atoms with Crippen LogP contribution in [0.5, 0.6) is 0 Å². The first-order valence-electron chi connectivity index (χ1n) is 7.80. The number of para-hydroxylation sites is 1. The molecular weight excluding hydrogens is 232 g/mol. The molecule has 2 nitrogen and oxygen atoms in total. The molecule has 1 aromatic carbocycles. The standard InChI is InChI=1S/C17H30N2/c1-5-15(6-2)14-19(8-4)17-12-10-9-11-16(17)13-18-7-3/h9-12,15,18H,5-8,13-14H2,1-4H3. The van der Waals surface area contributed by atoms with Crippen molar-refractivity contribution in [3.63, 3.8) is 0 Å². The van der Waals surface area contributed by atoms with E-state index in [-0.39, 0.29) is 0 Å². The first-order chi connectivity index (χ1) is 9.26. The fraction of sp³-hybridized carbons (Fsp3) is 0.647. The van der Waals surface area contributed by atoms with Crippen LogP contribution in [0.4, 0.5) is 5.69 Å². The molecule has 0 aliphatic heterocycles. The third-order valence-electron chi connectivity index (χ3n) is 3.91. The van der Waals surface area contributed by atoms with Gasteiger partial charge in [-0.3, -0.25) is 0 Å². The lowest BCUT2D eigenvalue weighted by Gasteiger charge is -2.29. The van der Waals surface area contributed by atoms with E-state index in [9.17, 15) is 0 Å². The van der Waals surface area contributed by atoms with E-state index in [1.165, 1.54) is 30.6 Å². The molecule has 0 saturated carbocycles.